The lowest BCUT2D eigenvalue weighted by atomic mass is 10.1. The Morgan fingerprint density at radius 1 is 1.35 bits per heavy atom. The van der Waals surface area contributed by atoms with Crippen LogP contribution < -0.4 is 10.9 Å². The van der Waals surface area contributed by atoms with Crippen LogP contribution in [0.5, 0.6) is 0 Å². The second-order valence-electron chi connectivity index (χ2n) is 6.01. The molecule has 6 nitrogen and oxygen atoms in total. The van der Waals surface area contributed by atoms with Gasteiger partial charge in [-0.2, -0.15) is 0 Å². The molecule has 1 aliphatic heterocycles. The van der Waals surface area contributed by atoms with Gasteiger partial charge in [0.05, 0.1) is 6.20 Å². The molecule has 23 heavy (non-hydrogen) atoms. The Kier molecular flexibility index (Phi) is 3.90. The Bertz CT molecular complexity index is 806. The average molecular weight is 313 g/mol. The third kappa shape index (κ3) is 2.97. The summed E-state index contributed by atoms with van der Waals surface area (Å²) in [6.07, 6.45) is 2.43. The predicted molar refractivity (Wildman–Crippen MR) is 86.7 cm³/mol. The summed E-state index contributed by atoms with van der Waals surface area (Å²) >= 11 is 0. The Morgan fingerprint density at radius 2 is 2.04 bits per heavy atom. The minimum absolute atomic E-state index is 0.315. The lowest BCUT2D eigenvalue weighted by Crippen LogP contribution is -2.30. The number of benzene rings is 1. The van der Waals surface area contributed by atoms with E-state index < -0.39 is 12.0 Å². The number of carboxylic acid groups (broad SMARTS) is 1. The van der Waals surface area contributed by atoms with E-state index in [1.54, 1.807) is 0 Å². The number of nitrogens with zero attached hydrogens (tertiary/aromatic N) is 2. The number of aliphatic carboxylic acids is 1. The molecule has 0 bridgehead atoms. The molecule has 6 heteroatoms. The highest BCUT2D eigenvalue weighted by atomic mass is 16.4. The van der Waals surface area contributed by atoms with Crippen molar-refractivity contribution in [2.75, 3.05) is 5.32 Å². The van der Waals surface area contributed by atoms with Crippen molar-refractivity contribution in [3.05, 3.63) is 57.3 Å². The summed E-state index contributed by atoms with van der Waals surface area (Å²) in [6.45, 7) is 4.55. The van der Waals surface area contributed by atoms with E-state index in [0.717, 1.165) is 16.7 Å². The third-order valence-corrected chi connectivity index (χ3v) is 4.07. The van der Waals surface area contributed by atoms with Crippen LogP contribution in [0.3, 0.4) is 0 Å². The fourth-order valence-corrected chi connectivity index (χ4v) is 3.13. The predicted octanol–water partition coefficient (Wildman–Crippen LogP) is 2.04. The summed E-state index contributed by atoms with van der Waals surface area (Å²) in [4.78, 5) is 28.0. The van der Waals surface area contributed by atoms with Crippen LogP contribution >= 0.6 is 0 Å². The molecule has 0 saturated heterocycles. The van der Waals surface area contributed by atoms with E-state index in [-0.39, 0.29) is 5.56 Å². The van der Waals surface area contributed by atoms with Gasteiger partial charge in [0.25, 0.3) is 5.56 Å². The SMILES string of the molecule is Cc1cc(C)cc(CNc2cnc3n(c2=O)C(C(=O)O)CC3)c1. The molecule has 2 heterocycles. The Morgan fingerprint density at radius 3 is 2.70 bits per heavy atom. The van der Waals surface area contributed by atoms with E-state index >= 15 is 0 Å². The molecule has 1 aromatic carbocycles. The molecule has 120 valence electrons. The molecular formula is C17H19N3O3. The van der Waals surface area contributed by atoms with Gasteiger partial charge in [-0.1, -0.05) is 29.3 Å². The van der Waals surface area contributed by atoms with E-state index in [2.05, 4.69) is 28.5 Å². The number of carboxylic acids is 1. The molecular weight excluding hydrogens is 294 g/mol. The van der Waals surface area contributed by atoms with Crippen molar-refractivity contribution in [2.45, 2.75) is 39.3 Å². The second kappa shape index (κ2) is 5.87. The van der Waals surface area contributed by atoms with Crippen molar-refractivity contribution in [3.8, 4) is 0 Å². The molecule has 1 aliphatic rings. The maximum atomic E-state index is 12.5. The van der Waals surface area contributed by atoms with Gasteiger partial charge < -0.3 is 10.4 Å². The zero-order valence-electron chi connectivity index (χ0n) is 13.2. The Labute approximate surface area is 133 Å². The van der Waals surface area contributed by atoms with Gasteiger partial charge in [0.2, 0.25) is 0 Å². The zero-order valence-corrected chi connectivity index (χ0v) is 13.2. The van der Waals surface area contributed by atoms with Crippen molar-refractivity contribution in [2.24, 2.45) is 0 Å². The number of carbonyl (C=O) groups is 1. The average Bonchev–Trinajstić information content (AvgIpc) is 2.90. The van der Waals surface area contributed by atoms with Gasteiger partial charge in [0, 0.05) is 13.0 Å². The van der Waals surface area contributed by atoms with Crippen LogP contribution in [0.4, 0.5) is 5.69 Å². The molecule has 2 N–H and O–H groups in total. The van der Waals surface area contributed by atoms with Crippen molar-refractivity contribution >= 4 is 11.7 Å². The number of rotatable bonds is 4. The normalized spacial score (nSPS) is 16.2. The minimum Gasteiger partial charge on any atom is -0.480 e. The lowest BCUT2D eigenvalue weighted by molar-refractivity contribution is -0.140. The molecule has 0 spiro atoms. The fourth-order valence-electron chi connectivity index (χ4n) is 3.13. The summed E-state index contributed by atoms with van der Waals surface area (Å²) in [5.74, 6) is -0.446. The molecule has 0 fully saturated rings. The van der Waals surface area contributed by atoms with Crippen LogP contribution in [0.2, 0.25) is 0 Å². The molecule has 2 aromatic rings. The summed E-state index contributed by atoms with van der Waals surface area (Å²) in [5.41, 5.74) is 3.42. The lowest BCUT2D eigenvalue weighted by Gasteiger charge is -2.12. The van der Waals surface area contributed by atoms with Gasteiger partial charge in [-0.15, -0.1) is 0 Å². The molecule has 0 saturated carbocycles. The number of aryl methyl sites for hydroxylation is 3. The largest absolute Gasteiger partial charge is 0.480 e. The molecule has 1 atom stereocenters. The first-order valence-electron chi connectivity index (χ1n) is 7.60. The van der Waals surface area contributed by atoms with E-state index in [4.69, 9.17) is 0 Å². The van der Waals surface area contributed by atoms with Crippen LogP contribution in [0.1, 0.15) is 35.0 Å². The molecule has 1 unspecified atom stereocenters. The topological polar surface area (TPSA) is 84.2 Å². The van der Waals surface area contributed by atoms with Gasteiger partial charge in [0.1, 0.15) is 17.6 Å². The smallest absolute Gasteiger partial charge is 0.326 e. The van der Waals surface area contributed by atoms with Gasteiger partial charge in [-0.05, 0) is 25.8 Å². The molecule has 0 aliphatic carbocycles. The number of anilines is 1. The first kappa shape index (κ1) is 15.3. The Balaban J connectivity index is 1.86. The number of nitrogens with one attached hydrogen (secondary N) is 1. The van der Waals surface area contributed by atoms with E-state index in [1.807, 2.05) is 13.8 Å². The van der Waals surface area contributed by atoms with Crippen LogP contribution in [-0.2, 0) is 17.8 Å². The summed E-state index contributed by atoms with van der Waals surface area (Å²) in [6, 6.07) is 5.39. The quantitative estimate of drug-likeness (QED) is 0.902. The molecule has 0 amide bonds. The first-order chi connectivity index (χ1) is 11.0. The fraction of sp³-hybridized carbons (Fsp3) is 0.353. The molecule has 0 radical (unpaired) electrons. The zero-order chi connectivity index (χ0) is 16.6. The molecule has 3 rings (SSSR count). The maximum absolute atomic E-state index is 12.5. The van der Waals surface area contributed by atoms with Crippen molar-refractivity contribution in [3.63, 3.8) is 0 Å². The van der Waals surface area contributed by atoms with Crippen LogP contribution in [0.15, 0.2) is 29.2 Å². The monoisotopic (exact) mass is 313 g/mol. The summed E-state index contributed by atoms with van der Waals surface area (Å²) in [5, 5.41) is 12.3. The third-order valence-electron chi connectivity index (χ3n) is 4.07. The second-order valence-corrected chi connectivity index (χ2v) is 6.01. The number of fused-ring (bicyclic) bond motifs is 1. The van der Waals surface area contributed by atoms with Gasteiger partial charge >= 0.3 is 5.97 Å². The van der Waals surface area contributed by atoms with E-state index in [0.29, 0.717) is 30.9 Å². The van der Waals surface area contributed by atoms with Gasteiger partial charge in [-0.3, -0.25) is 9.36 Å². The highest BCUT2D eigenvalue weighted by Gasteiger charge is 2.30. The van der Waals surface area contributed by atoms with Gasteiger partial charge in [0.15, 0.2) is 0 Å². The first-order valence-corrected chi connectivity index (χ1v) is 7.60. The van der Waals surface area contributed by atoms with Crippen LogP contribution in [0, 0.1) is 13.8 Å². The van der Waals surface area contributed by atoms with Crippen molar-refractivity contribution < 1.29 is 9.90 Å². The number of aromatic nitrogens is 2. The maximum Gasteiger partial charge on any atom is 0.326 e. The van der Waals surface area contributed by atoms with Crippen LogP contribution in [-0.4, -0.2) is 20.6 Å². The van der Waals surface area contributed by atoms with Crippen molar-refractivity contribution in [1.82, 2.24) is 9.55 Å². The van der Waals surface area contributed by atoms with Crippen molar-refractivity contribution in [1.29, 1.82) is 0 Å². The minimum atomic E-state index is -0.987. The highest BCUT2D eigenvalue weighted by Crippen LogP contribution is 2.23. The summed E-state index contributed by atoms with van der Waals surface area (Å²) in [7, 11) is 0. The highest BCUT2D eigenvalue weighted by molar-refractivity contribution is 5.72. The van der Waals surface area contributed by atoms with Gasteiger partial charge in [-0.25, -0.2) is 9.78 Å². The van der Waals surface area contributed by atoms with Crippen LogP contribution in [0.25, 0.3) is 0 Å². The van der Waals surface area contributed by atoms with E-state index in [1.165, 1.54) is 10.8 Å². The number of hydrogen-bond donors (Lipinski definition) is 2. The summed E-state index contributed by atoms with van der Waals surface area (Å²) < 4.78 is 1.30. The standard InChI is InChI=1S/C17H19N3O3/c1-10-5-11(2)7-12(6-10)8-18-13-9-19-15-4-3-14(17(22)23)20(15)16(13)21/h5-7,9,14,18H,3-4,8H2,1-2H3,(H,22,23). The number of hydrogen-bond acceptors (Lipinski definition) is 4. The van der Waals surface area contributed by atoms with E-state index in [9.17, 15) is 14.7 Å². The Hall–Kier alpha value is -2.63. The molecule has 1 aromatic heterocycles.